The average Bonchev–Trinajstić information content (AvgIpc) is 3.38. The third-order valence-electron chi connectivity index (χ3n) is 5.15. The monoisotopic (exact) mass is 568 g/mol. The maximum Gasteiger partial charge on any atom is 0.191 e. The fraction of sp³-hybridized carbons (Fsp3) is 0.192. The van der Waals surface area contributed by atoms with E-state index >= 15 is 0 Å². The van der Waals surface area contributed by atoms with Gasteiger partial charge in [0, 0.05) is 38.7 Å². The van der Waals surface area contributed by atoms with Crippen LogP contribution in [0.3, 0.4) is 0 Å². The standard InChI is InChI=1S/C26H28N6O.HI/c1-27-26(30-18-22-9-2-3-10-23(22)19-32-15-7-14-31-32)29-17-21-8-6-12-25(16-21)33-20-24-11-4-5-13-28-24;/h2-16H,17-20H2,1H3,(H2,27,29,30);1H. The summed E-state index contributed by atoms with van der Waals surface area (Å²) in [7, 11) is 1.78. The van der Waals surface area contributed by atoms with Crippen LogP contribution in [-0.2, 0) is 26.2 Å². The van der Waals surface area contributed by atoms with E-state index in [-0.39, 0.29) is 24.0 Å². The number of hydrogen-bond acceptors (Lipinski definition) is 4. The number of ether oxygens (including phenoxy) is 1. The molecule has 0 aliphatic carbocycles. The Morgan fingerprint density at radius 1 is 0.912 bits per heavy atom. The topological polar surface area (TPSA) is 76.4 Å². The zero-order valence-electron chi connectivity index (χ0n) is 19.1. The van der Waals surface area contributed by atoms with E-state index in [1.807, 2.05) is 53.3 Å². The zero-order chi connectivity index (χ0) is 22.7. The summed E-state index contributed by atoms with van der Waals surface area (Å²) in [6, 6.07) is 24.1. The first kappa shape index (κ1) is 25.2. The highest BCUT2D eigenvalue weighted by Gasteiger charge is 2.05. The van der Waals surface area contributed by atoms with Gasteiger partial charge in [0.05, 0.1) is 12.2 Å². The van der Waals surface area contributed by atoms with Crippen LogP contribution in [0.5, 0.6) is 5.75 Å². The van der Waals surface area contributed by atoms with Gasteiger partial charge in [-0.15, -0.1) is 24.0 Å². The fourth-order valence-electron chi connectivity index (χ4n) is 3.42. The Balaban J connectivity index is 0.00000324. The Morgan fingerprint density at radius 3 is 2.50 bits per heavy atom. The third-order valence-corrected chi connectivity index (χ3v) is 5.15. The molecule has 2 heterocycles. The van der Waals surface area contributed by atoms with Crippen molar-refractivity contribution in [3.63, 3.8) is 0 Å². The normalized spacial score (nSPS) is 10.9. The van der Waals surface area contributed by atoms with Crippen molar-refractivity contribution in [2.75, 3.05) is 7.05 Å². The van der Waals surface area contributed by atoms with Crippen molar-refractivity contribution in [2.24, 2.45) is 4.99 Å². The molecule has 8 heteroatoms. The molecule has 0 spiro atoms. The lowest BCUT2D eigenvalue weighted by Gasteiger charge is -2.15. The van der Waals surface area contributed by atoms with E-state index in [0.29, 0.717) is 19.7 Å². The second-order valence-corrected chi connectivity index (χ2v) is 7.51. The largest absolute Gasteiger partial charge is 0.487 e. The van der Waals surface area contributed by atoms with Gasteiger partial charge in [0.25, 0.3) is 0 Å². The van der Waals surface area contributed by atoms with E-state index in [2.05, 4.69) is 56.0 Å². The van der Waals surface area contributed by atoms with Crippen LogP contribution >= 0.6 is 24.0 Å². The Kier molecular flexibility index (Phi) is 9.90. The van der Waals surface area contributed by atoms with Crippen LogP contribution in [-0.4, -0.2) is 27.8 Å². The molecule has 0 amide bonds. The quantitative estimate of drug-likeness (QED) is 0.178. The molecule has 0 aliphatic heterocycles. The maximum absolute atomic E-state index is 5.88. The Hall–Kier alpha value is -3.40. The molecule has 4 aromatic rings. The second kappa shape index (κ2) is 13.3. The number of benzene rings is 2. The van der Waals surface area contributed by atoms with Gasteiger partial charge in [-0.2, -0.15) is 5.10 Å². The van der Waals surface area contributed by atoms with Crippen LogP contribution < -0.4 is 15.4 Å². The van der Waals surface area contributed by atoms with E-state index in [1.54, 1.807) is 19.4 Å². The van der Waals surface area contributed by atoms with Crippen molar-refractivity contribution in [2.45, 2.75) is 26.2 Å². The third kappa shape index (κ3) is 7.58. The van der Waals surface area contributed by atoms with Crippen molar-refractivity contribution >= 4 is 29.9 Å². The van der Waals surface area contributed by atoms with Crippen molar-refractivity contribution in [1.29, 1.82) is 0 Å². The summed E-state index contributed by atoms with van der Waals surface area (Å²) in [5.74, 6) is 1.55. The number of hydrogen-bond donors (Lipinski definition) is 2. The van der Waals surface area contributed by atoms with Crippen LogP contribution in [0.4, 0.5) is 0 Å². The van der Waals surface area contributed by atoms with Crippen molar-refractivity contribution in [1.82, 2.24) is 25.4 Å². The van der Waals surface area contributed by atoms with Gasteiger partial charge >= 0.3 is 0 Å². The molecule has 0 atom stereocenters. The SMILES string of the molecule is CN=C(NCc1cccc(OCc2ccccn2)c1)NCc1ccccc1Cn1cccn1.I. The molecule has 176 valence electrons. The van der Waals surface area contributed by atoms with Gasteiger partial charge in [0.1, 0.15) is 12.4 Å². The highest BCUT2D eigenvalue weighted by Crippen LogP contribution is 2.15. The molecule has 7 nitrogen and oxygen atoms in total. The Morgan fingerprint density at radius 2 is 1.74 bits per heavy atom. The van der Waals surface area contributed by atoms with Crippen molar-refractivity contribution in [3.05, 3.63) is 114 Å². The van der Waals surface area contributed by atoms with Gasteiger partial charge in [-0.05, 0) is 47.0 Å². The van der Waals surface area contributed by atoms with E-state index in [0.717, 1.165) is 29.5 Å². The number of pyridine rings is 1. The van der Waals surface area contributed by atoms with E-state index in [9.17, 15) is 0 Å². The first-order chi connectivity index (χ1) is 16.3. The summed E-state index contributed by atoms with van der Waals surface area (Å²) in [6.45, 7) is 2.49. The number of rotatable bonds is 9. The molecule has 2 N–H and O–H groups in total. The molecule has 2 aromatic carbocycles. The summed E-state index contributed by atoms with van der Waals surface area (Å²) in [5, 5.41) is 11.1. The van der Waals surface area contributed by atoms with Gasteiger partial charge in [0.15, 0.2) is 5.96 Å². The lowest BCUT2D eigenvalue weighted by atomic mass is 10.1. The van der Waals surface area contributed by atoms with Crippen LogP contribution in [0.1, 0.15) is 22.4 Å². The number of nitrogens with one attached hydrogen (secondary N) is 2. The Bertz CT molecular complexity index is 1160. The molecular weight excluding hydrogens is 539 g/mol. The fourth-order valence-corrected chi connectivity index (χ4v) is 3.42. The summed E-state index contributed by atoms with van der Waals surface area (Å²) < 4.78 is 7.81. The summed E-state index contributed by atoms with van der Waals surface area (Å²) >= 11 is 0. The molecule has 0 radical (unpaired) electrons. The number of aliphatic imine (C=N–C) groups is 1. The highest BCUT2D eigenvalue weighted by atomic mass is 127. The maximum atomic E-state index is 5.88. The number of nitrogens with zero attached hydrogens (tertiary/aromatic N) is 4. The number of halogens is 1. The van der Waals surface area contributed by atoms with Gasteiger partial charge in [-0.25, -0.2) is 0 Å². The molecule has 0 bridgehead atoms. The summed E-state index contributed by atoms with van der Waals surface area (Å²) in [4.78, 5) is 8.65. The van der Waals surface area contributed by atoms with E-state index in [1.165, 1.54) is 11.1 Å². The second-order valence-electron chi connectivity index (χ2n) is 7.51. The van der Waals surface area contributed by atoms with Gasteiger partial charge in [-0.1, -0.05) is 42.5 Å². The van der Waals surface area contributed by atoms with E-state index < -0.39 is 0 Å². The summed E-state index contributed by atoms with van der Waals surface area (Å²) in [5.41, 5.74) is 4.44. The summed E-state index contributed by atoms with van der Waals surface area (Å²) in [6.07, 6.45) is 5.54. The minimum Gasteiger partial charge on any atom is -0.487 e. The predicted octanol–water partition coefficient (Wildman–Crippen LogP) is 4.39. The number of aromatic nitrogens is 3. The van der Waals surface area contributed by atoms with Gasteiger partial charge in [0.2, 0.25) is 0 Å². The predicted molar refractivity (Wildman–Crippen MR) is 145 cm³/mol. The molecular formula is C26H29IN6O. The van der Waals surface area contributed by atoms with Crippen LogP contribution in [0.2, 0.25) is 0 Å². The van der Waals surface area contributed by atoms with Gasteiger partial charge < -0.3 is 15.4 Å². The Labute approximate surface area is 217 Å². The lowest BCUT2D eigenvalue weighted by Crippen LogP contribution is -2.36. The molecule has 4 rings (SSSR count). The molecule has 0 fully saturated rings. The zero-order valence-corrected chi connectivity index (χ0v) is 21.4. The molecule has 0 saturated heterocycles. The first-order valence-corrected chi connectivity index (χ1v) is 10.9. The molecule has 0 aliphatic rings. The van der Waals surface area contributed by atoms with Crippen molar-refractivity contribution < 1.29 is 4.74 Å². The van der Waals surface area contributed by atoms with Gasteiger partial charge in [-0.3, -0.25) is 14.7 Å². The minimum atomic E-state index is 0. The molecule has 34 heavy (non-hydrogen) atoms. The molecule has 0 saturated carbocycles. The number of guanidine groups is 1. The van der Waals surface area contributed by atoms with Crippen LogP contribution in [0.25, 0.3) is 0 Å². The van der Waals surface area contributed by atoms with E-state index in [4.69, 9.17) is 4.74 Å². The molecule has 2 aromatic heterocycles. The molecule has 0 unspecified atom stereocenters. The van der Waals surface area contributed by atoms with Crippen molar-refractivity contribution in [3.8, 4) is 5.75 Å². The first-order valence-electron chi connectivity index (χ1n) is 10.9. The smallest absolute Gasteiger partial charge is 0.191 e. The highest BCUT2D eigenvalue weighted by molar-refractivity contribution is 14.0. The van der Waals surface area contributed by atoms with Crippen LogP contribution in [0.15, 0.2) is 96.4 Å². The minimum absolute atomic E-state index is 0. The van der Waals surface area contributed by atoms with Crippen LogP contribution in [0, 0.1) is 0 Å². The average molecular weight is 568 g/mol. The lowest BCUT2D eigenvalue weighted by molar-refractivity contribution is 0.301.